The molecule has 2 N–H and O–H groups in total. The van der Waals surface area contributed by atoms with Gasteiger partial charge in [-0.15, -0.1) is 0 Å². The lowest BCUT2D eigenvalue weighted by atomic mass is 10.1. The summed E-state index contributed by atoms with van der Waals surface area (Å²) in [6, 6.07) is 18.5. The van der Waals surface area contributed by atoms with Crippen molar-refractivity contribution in [3.63, 3.8) is 0 Å². The van der Waals surface area contributed by atoms with Gasteiger partial charge in [-0.1, -0.05) is 51.3 Å². The lowest BCUT2D eigenvalue weighted by Crippen LogP contribution is -2.18. The van der Waals surface area contributed by atoms with E-state index in [1.165, 1.54) is 0 Å². The highest BCUT2D eigenvalue weighted by Gasteiger charge is 2.15. The number of carbonyl (C=O) groups excluding carboxylic acids is 2. The standard InChI is InChI=1S/C20H13BrCl2N2O2/c21-13-7-5-12(6-8-13)19(26)24-17-4-2-1-3-15(17)20(27)25-18-10-9-14(22)11-16(18)23/h1-11H,(H,24,26)(H,25,27). The second-order valence-electron chi connectivity index (χ2n) is 5.58. The maximum absolute atomic E-state index is 12.7. The van der Waals surface area contributed by atoms with Crippen molar-refractivity contribution < 1.29 is 9.59 Å². The van der Waals surface area contributed by atoms with Gasteiger partial charge in [0.25, 0.3) is 11.8 Å². The minimum absolute atomic E-state index is 0.313. The van der Waals surface area contributed by atoms with Crippen LogP contribution in [-0.2, 0) is 0 Å². The zero-order chi connectivity index (χ0) is 19.4. The van der Waals surface area contributed by atoms with Crippen LogP contribution >= 0.6 is 39.1 Å². The molecule has 0 aromatic heterocycles. The summed E-state index contributed by atoms with van der Waals surface area (Å²) in [4.78, 5) is 25.1. The zero-order valence-electron chi connectivity index (χ0n) is 13.8. The second kappa shape index (κ2) is 8.57. The van der Waals surface area contributed by atoms with E-state index in [-0.39, 0.29) is 5.91 Å². The van der Waals surface area contributed by atoms with Crippen LogP contribution in [0.15, 0.2) is 71.2 Å². The van der Waals surface area contributed by atoms with Crippen LogP contribution < -0.4 is 10.6 Å². The Hall–Kier alpha value is -2.34. The summed E-state index contributed by atoms with van der Waals surface area (Å²) in [6.45, 7) is 0. The molecule has 0 spiro atoms. The molecule has 3 aromatic rings. The highest BCUT2D eigenvalue weighted by Crippen LogP contribution is 2.27. The van der Waals surface area contributed by atoms with E-state index in [2.05, 4.69) is 26.6 Å². The molecule has 0 aliphatic rings. The lowest BCUT2D eigenvalue weighted by molar-refractivity contribution is 0.102. The summed E-state index contributed by atoms with van der Waals surface area (Å²) >= 11 is 15.3. The number of rotatable bonds is 4. The van der Waals surface area contributed by atoms with E-state index < -0.39 is 5.91 Å². The maximum atomic E-state index is 12.7. The van der Waals surface area contributed by atoms with Crippen LogP contribution in [0, 0.1) is 0 Å². The Morgan fingerprint density at radius 2 is 1.44 bits per heavy atom. The van der Waals surface area contributed by atoms with Crippen molar-refractivity contribution >= 4 is 62.3 Å². The van der Waals surface area contributed by atoms with Gasteiger partial charge in [-0.25, -0.2) is 0 Å². The molecule has 7 heteroatoms. The average molecular weight is 464 g/mol. The smallest absolute Gasteiger partial charge is 0.257 e. The van der Waals surface area contributed by atoms with Gasteiger partial charge in [0.1, 0.15) is 0 Å². The number of halogens is 3. The van der Waals surface area contributed by atoms with Crippen molar-refractivity contribution in [1.29, 1.82) is 0 Å². The van der Waals surface area contributed by atoms with E-state index in [9.17, 15) is 9.59 Å². The molecule has 0 bridgehead atoms. The van der Waals surface area contributed by atoms with Crippen LogP contribution in [0.5, 0.6) is 0 Å². The highest BCUT2D eigenvalue weighted by molar-refractivity contribution is 9.10. The van der Waals surface area contributed by atoms with Crippen molar-refractivity contribution in [2.45, 2.75) is 0 Å². The van der Waals surface area contributed by atoms with Gasteiger partial charge in [-0.3, -0.25) is 9.59 Å². The van der Waals surface area contributed by atoms with Crippen molar-refractivity contribution in [3.05, 3.63) is 92.4 Å². The number of hydrogen-bond acceptors (Lipinski definition) is 2. The van der Waals surface area contributed by atoms with Crippen LogP contribution in [-0.4, -0.2) is 11.8 Å². The van der Waals surface area contributed by atoms with Gasteiger partial charge < -0.3 is 10.6 Å². The predicted octanol–water partition coefficient (Wildman–Crippen LogP) is 6.26. The van der Waals surface area contributed by atoms with Gasteiger partial charge in [0, 0.05) is 15.1 Å². The molecule has 0 aliphatic carbocycles. The molecule has 0 atom stereocenters. The molecular formula is C20H13BrCl2N2O2. The Bertz CT molecular complexity index is 1010. The lowest BCUT2D eigenvalue weighted by Gasteiger charge is -2.12. The number of benzene rings is 3. The molecule has 0 unspecified atom stereocenters. The first-order valence-corrected chi connectivity index (χ1v) is 9.41. The minimum atomic E-state index is -0.397. The number of nitrogens with one attached hydrogen (secondary N) is 2. The first kappa shape index (κ1) is 19.4. The Morgan fingerprint density at radius 1 is 0.778 bits per heavy atom. The third-order valence-electron chi connectivity index (χ3n) is 3.71. The van der Waals surface area contributed by atoms with E-state index in [1.54, 1.807) is 66.7 Å². The predicted molar refractivity (Wildman–Crippen MR) is 113 cm³/mol. The third kappa shape index (κ3) is 4.89. The van der Waals surface area contributed by atoms with Gasteiger partial charge in [0.05, 0.1) is 22.0 Å². The van der Waals surface area contributed by atoms with Crippen molar-refractivity contribution in [1.82, 2.24) is 0 Å². The number of amides is 2. The summed E-state index contributed by atoms with van der Waals surface area (Å²) in [5, 5.41) is 6.29. The molecule has 27 heavy (non-hydrogen) atoms. The normalized spacial score (nSPS) is 10.3. The van der Waals surface area contributed by atoms with Crippen LogP contribution in [0.2, 0.25) is 10.0 Å². The summed E-state index contributed by atoms with van der Waals surface area (Å²) in [6.07, 6.45) is 0. The molecule has 0 saturated heterocycles. The third-order valence-corrected chi connectivity index (χ3v) is 4.78. The molecule has 3 aromatic carbocycles. The molecule has 0 fully saturated rings. The Balaban J connectivity index is 1.81. The fourth-order valence-electron chi connectivity index (χ4n) is 2.37. The fourth-order valence-corrected chi connectivity index (χ4v) is 3.09. The van der Waals surface area contributed by atoms with E-state index >= 15 is 0 Å². The summed E-state index contributed by atoms with van der Waals surface area (Å²) in [7, 11) is 0. The number of anilines is 2. The van der Waals surface area contributed by atoms with Crippen LogP contribution in [0.4, 0.5) is 11.4 Å². The first-order chi connectivity index (χ1) is 12.9. The molecular weight excluding hydrogens is 451 g/mol. The number of hydrogen-bond donors (Lipinski definition) is 2. The number of para-hydroxylation sites is 1. The fraction of sp³-hybridized carbons (Fsp3) is 0. The molecule has 0 saturated carbocycles. The average Bonchev–Trinajstić information content (AvgIpc) is 2.65. The monoisotopic (exact) mass is 462 g/mol. The summed E-state index contributed by atoms with van der Waals surface area (Å²) in [5.74, 6) is -0.710. The van der Waals surface area contributed by atoms with Crippen molar-refractivity contribution in [2.24, 2.45) is 0 Å². The summed E-state index contributed by atoms with van der Waals surface area (Å²) in [5.41, 5.74) is 1.62. The second-order valence-corrected chi connectivity index (χ2v) is 7.34. The maximum Gasteiger partial charge on any atom is 0.257 e. The highest BCUT2D eigenvalue weighted by atomic mass is 79.9. The van der Waals surface area contributed by atoms with Crippen molar-refractivity contribution in [2.75, 3.05) is 10.6 Å². The summed E-state index contributed by atoms with van der Waals surface area (Å²) < 4.78 is 0.874. The van der Waals surface area contributed by atoms with Gasteiger partial charge in [0.2, 0.25) is 0 Å². The van der Waals surface area contributed by atoms with Crippen LogP contribution in [0.3, 0.4) is 0 Å². The van der Waals surface area contributed by atoms with Crippen molar-refractivity contribution in [3.8, 4) is 0 Å². The first-order valence-electron chi connectivity index (χ1n) is 7.86. The molecule has 0 heterocycles. The zero-order valence-corrected chi connectivity index (χ0v) is 16.9. The van der Waals surface area contributed by atoms with Gasteiger partial charge in [-0.2, -0.15) is 0 Å². The van der Waals surface area contributed by atoms with Gasteiger partial charge in [-0.05, 0) is 54.6 Å². The van der Waals surface area contributed by atoms with E-state index in [1.807, 2.05) is 0 Å². The topological polar surface area (TPSA) is 58.2 Å². The van der Waals surface area contributed by atoms with Gasteiger partial charge >= 0.3 is 0 Å². The Labute approximate surface area is 174 Å². The molecule has 0 aliphatic heterocycles. The van der Waals surface area contributed by atoms with E-state index in [4.69, 9.17) is 23.2 Å². The molecule has 4 nitrogen and oxygen atoms in total. The molecule has 0 radical (unpaired) electrons. The van der Waals surface area contributed by atoms with Crippen LogP contribution in [0.1, 0.15) is 20.7 Å². The van der Waals surface area contributed by atoms with E-state index in [0.717, 1.165) is 4.47 Å². The SMILES string of the molecule is O=C(Nc1ccccc1C(=O)Nc1ccc(Cl)cc1Cl)c1ccc(Br)cc1. The van der Waals surface area contributed by atoms with Crippen LogP contribution in [0.25, 0.3) is 0 Å². The molecule has 2 amide bonds. The molecule has 136 valence electrons. The van der Waals surface area contributed by atoms with E-state index in [0.29, 0.717) is 32.5 Å². The van der Waals surface area contributed by atoms with Gasteiger partial charge in [0.15, 0.2) is 0 Å². The minimum Gasteiger partial charge on any atom is -0.321 e. The Morgan fingerprint density at radius 3 is 2.15 bits per heavy atom. The molecule has 3 rings (SSSR count). The Kier molecular flexibility index (Phi) is 6.16. The number of carbonyl (C=O) groups is 2. The quantitative estimate of drug-likeness (QED) is 0.479. The largest absolute Gasteiger partial charge is 0.321 e.